The molecule has 1 atom stereocenters. The maximum Gasteiger partial charge on any atom is 0.186 e. The van der Waals surface area contributed by atoms with Gasteiger partial charge in [0.2, 0.25) is 0 Å². The Bertz CT molecular complexity index is 729. The Morgan fingerprint density at radius 1 is 1.00 bits per heavy atom. The summed E-state index contributed by atoms with van der Waals surface area (Å²) in [6, 6.07) is 13.3. The Morgan fingerprint density at radius 3 is 2.18 bits per heavy atom. The molecule has 0 aliphatic carbocycles. The first-order valence-electron chi connectivity index (χ1n) is 6.75. The zero-order valence-electron chi connectivity index (χ0n) is 12.5. The summed E-state index contributed by atoms with van der Waals surface area (Å²) in [5.41, 5.74) is 6.31. The van der Waals surface area contributed by atoms with E-state index in [0.29, 0.717) is 17.1 Å². The van der Waals surface area contributed by atoms with Gasteiger partial charge in [0, 0.05) is 6.54 Å². The lowest BCUT2D eigenvalue weighted by Gasteiger charge is -2.18. The molecule has 0 unspecified atom stereocenters. The molecule has 2 rings (SSSR count). The van der Waals surface area contributed by atoms with Gasteiger partial charge in [0.15, 0.2) is 21.3 Å². The standard InChI is InChI=1S/C16H19NO4S/c1-20-14-9-8-12(10-15(14)21-2)16(11-17)22(18,19)13-6-4-3-5-7-13/h3-10,16H,11,17H2,1-2H3/t16-/m0/s1. The SMILES string of the molecule is COc1ccc([C@H](CN)S(=O)(=O)c2ccccc2)cc1OC. The Kier molecular flexibility index (Phi) is 5.05. The first-order chi connectivity index (χ1) is 10.5. The lowest BCUT2D eigenvalue weighted by atomic mass is 10.1. The number of nitrogens with two attached hydrogens (primary N) is 1. The van der Waals surface area contributed by atoms with Gasteiger partial charge in [0.25, 0.3) is 0 Å². The molecule has 0 spiro atoms. The molecule has 0 heterocycles. The molecule has 0 aliphatic rings. The maximum absolute atomic E-state index is 12.8. The van der Waals surface area contributed by atoms with Crippen molar-refractivity contribution < 1.29 is 17.9 Å². The van der Waals surface area contributed by atoms with Crippen molar-refractivity contribution in [2.45, 2.75) is 10.1 Å². The fourth-order valence-corrected chi connectivity index (χ4v) is 3.89. The number of hydrogen-bond acceptors (Lipinski definition) is 5. The number of hydrogen-bond donors (Lipinski definition) is 1. The second kappa shape index (κ2) is 6.81. The molecule has 2 N–H and O–H groups in total. The molecule has 2 aromatic rings. The Hall–Kier alpha value is -2.05. The van der Waals surface area contributed by atoms with Crippen molar-refractivity contribution in [3.05, 3.63) is 54.1 Å². The van der Waals surface area contributed by atoms with Gasteiger partial charge in [0.05, 0.1) is 19.1 Å². The highest BCUT2D eigenvalue weighted by Crippen LogP contribution is 2.34. The first-order valence-corrected chi connectivity index (χ1v) is 8.30. The molecule has 0 saturated heterocycles. The van der Waals surface area contributed by atoms with Crippen molar-refractivity contribution >= 4 is 9.84 Å². The van der Waals surface area contributed by atoms with Crippen LogP contribution in [0.15, 0.2) is 53.4 Å². The van der Waals surface area contributed by atoms with E-state index in [4.69, 9.17) is 15.2 Å². The second-order valence-electron chi connectivity index (χ2n) is 4.70. The molecule has 6 heteroatoms. The molecule has 0 bridgehead atoms. The summed E-state index contributed by atoms with van der Waals surface area (Å²) in [5.74, 6) is 1.01. The molecule has 0 aromatic heterocycles. The smallest absolute Gasteiger partial charge is 0.186 e. The van der Waals surface area contributed by atoms with E-state index in [1.54, 1.807) is 48.5 Å². The molecular formula is C16H19NO4S. The fourth-order valence-electron chi connectivity index (χ4n) is 2.27. The lowest BCUT2D eigenvalue weighted by molar-refractivity contribution is 0.354. The van der Waals surface area contributed by atoms with Gasteiger partial charge in [-0.1, -0.05) is 24.3 Å². The predicted molar refractivity (Wildman–Crippen MR) is 85.0 cm³/mol. The Morgan fingerprint density at radius 2 is 1.64 bits per heavy atom. The third kappa shape index (κ3) is 3.08. The quantitative estimate of drug-likeness (QED) is 0.882. The van der Waals surface area contributed by atoms with Gasteiger partial charge in [-0.05, 0) is 29.8 Å². The molecule has 0 radical (unpaired) electrons. The molecule has 0 saturated carbocycles. The van der Waals surface area contributed by atoms with Gasteiger partial charge < -0.3 is 15.2 Å². The van der Waals surface area contributed by atoms with E-state index >= 15 is 0 Å². The van der Waals surface area contributed by atoms with Crippen LogP contribution in [-0.4, -0.2) is 29.2 Å². The van der Waals surface area contributed by atoms with Crippen molar-refractivity contribution in [1.82, 2.24) is 0 Å². The zero-order valence-corrected chi connectivity index (χ0v) is 13.3. The van der Waals surface area contributed by atoms with Gasteiger partial charge in [-0.2, -0.15) is 0 Å². The van der Waals surface area contributed by atoms with Crippen LogP contribution in [0.2, 0.25) is 0 Å². The van der Waals surface area contributed by atoms with Crippen LogP contribution in [0.5, 0.6) is 11.5 Å². The number of sulfone groups is 1. The van der Waals surface area contributed by atoms with E-state index < -0.39 is 15.1 Å². The second-order valence-corrected chi connectivity index (χ2v) is 6.83. The minimum absolute atomic E-state index is 0.0211. The molecule has 0 amide bonds. The molecule has 5 nitrogen and oxygen atoms in total. The van der Waals surface area contributed by atoms with E-state index in [1.807, 2.05) is 0 Å². The van der Waals surface area contributed by atoms with Gasteiger partial charge in [-0.25, -0.2) is 8.42 Å². The summed E-state index contributed by atoms with van der Waals surface area (Å²) in [4.78, 5) is 0.250. The normalized spacial score (nSPS) is 12.7. The van der Waals surface area contributed by atoms with Crippen molar-refractivity contribution in [3.63, 3.8) is 0 Å². The number of methoxy groups -OCH3 is 2. The molecule has 22 heavy (non-hydrogen) atoms. The van der Waals surface area contributed by atoms with E-state index in [1.165, 1.54) is 14.2 Å². The van der Waals surface area contributed by atoms with Crippen LogP contribution in [0, 0.1) is 0 Å². The number of benzene rings is 2. The first kappa shape index (κ1) is 16.3. The highest BCUT2D eigenvalue weighted by molar-refractivity contribution is 7.91. The van der Waals surface area contributed by atoms with Crippen LogP contribution in [0.3, 0.4) is 0 Å². The largest absolute Gasteiger partial charge is 0.493 e. The highest BCUT2D eigenvalue weighted by Gasteiger charge is 2.28. The predicted octanol–water partition coefficient (Wildman–Crippen LogP) is 2.18. The molecule has 0 aliphatic heterocycles. The maximum atomic E-state index is 12.8. The van der Waals surface area contributed by atoms with Crippen LogP contribution in [0.25, 0.3) is 0 Å². The lowest BCUT2D eigenvalue weighted by Crippen LogP contribution is -2.22. The molecule has 2 aromatic carbocycles. The molecule has 118 valence electrons. The summed E-state index contributed by atoms with van der Waals surface area (Å²) in [6.07, 6.45) is 0. The minimum atomic E-state index is -3.57. The van der Waals surface area contributed by atoms with E-state index in [2.05, 4.69) is 0 Å². The van der Waals surface area contributed by atoms with E-state index in [-0.39, 0.29) is 11.4 Å². The topological polar surface area (TPSA) is 78.6 Å². The van der Waals surface area contributed by atoms with Crippen molar-refractivity contribution in [2.75, 3.05) is 20.8 Å². The summed E-state index contributed by atoms with van der Waals surface area (Å²) in [7, 11) is -0.539. The van der Waals surface area contributed by atoms with Crippen LogP contribution >= 0.6 is 0 Å². The highest BCUT2D eigenvalue weighted by atomic mass is 32.2. The number of rotatable bonds is 6. The van der Waals surface area contributed by atoms with Crippen LogP contribution in [0.4, 0.5) is 0 Å². The average Bonchev–Trinajstić information content (AvgIpc) is 2.56. The third-order valence-corrected chi connectivity index (χ3v) is 5.58. The Balaban J connectivity index is 2.49. The monoisotopic (exact) mass is 321 g/mol. The molecule has 0 fully saturated rings. The third-order valence-electron chi connectivity index (χ3n) is 3.44. The summed E-state index contributed by atoms with van der Waals surface area (Å²) >= 11 is 0. The van der Waals surface area contributed by atoms with E-state index in [9.17, 15) is 8.42 Å². The summed E-state index contributed by atoms with van der Waals surface area (Å²) < 4.78 is 35.9. The minimum Gasteiger partial charge on any atom is -0.493 e. The van der Waals surface area contributed by atoms with Gasteiger partial charge >= 0.3 is 0 Å². The van der Waals surface area contributed by atoms with Crippen LogP contribution in [0.1, 0.15) is 10.8 Å². The average molecular weight is 321 g/mol. The summed E-state index contributed by atoms with van der Waals surface area (Å²) in [6.45, 7) is -0.0211. The zero-order chi connectivity index (χ0) is 16.2. The Labute approximate surface area is 130 Å². The van der Waals surface area contributed by atoms with Crippen molar-refractivity contribution in [3.8, 4) is 11.5 Å². The van der Waals surface area contributed by atoms with Crippen LogP contribution < -0.4 is 15.2 Å². The fraction of sp³-hybridized carbons (Fsp3) is 0.250. The number of ether oxygens (including phenoxy) is 2. The van der Waals surface area contributed by atoms with E-state index in [0.717, 1.165) is 0 Å². The van der Waals surface area contributed by atoms with Gasteiger partial charge in [-0.15, -0.1) is 0 Å². The van der Waals surface area contributed by atoms with Gasteiger partial charge in [-0.3, -0.25) is 0 Å². The van der Waals surface area contributed by atoms with Crippen molar-refractivity contribution in [2.24, 2.45) is 5.73 Å². The molecular weight excluding hydrogens is 302 g/mol. The van der Waals surface area contributed by atoms with Crippen molar-refractivity contribution in [1.29, 1.82) is 0 Å². The van der Waals surface area contributed by atoms with Crippen LogP contribution in [-0.2, 0) is 9.84 Å². The van der Waals surface area contributed by atoms with Gasteiger partial charge in [0.1, 0.15) is 5.25 Å². The summed E-state index contributed by atoms with van der Waals surface area (Å²) in [5, 5.41) is -0.838.